The van der Waals surface area contributed by atoms with Crippen LogP contribution in [0.1, 0.15) is 239 Å². The van der Waals surface area contributed by atoms with E-state index in [-0.39, 0.29) is 37.5 Å². The first-order valence-electron chi connectivity index (χ1n) is 25.4. The van der Waals surface area contributed by atoms with Gasteiger partial charge in [-0.05, 0) is 103 Å². The van der Waals surface area contributed by atoms with Gasteiger partial charge in [0.2, 0.25) is 0 Å². The number of hydrogen-bond donors (Lipinski definition) is 0. The lowest BCUT2D eigenvalue weighted by atomic mass is 10.1. The lowest BCUT2D eigenvalue weighted by Crippen LogP contribution is -2.30. The van der Waals surface area contributed by atoms with E-state index in [1.54, 1.807) is 0 Å². The van der Waals surface area contributed by atoms with E-state index in [1.807, 2.05) is 0 Å². The molecule has 6 nitrogen and oxygen atoms in total. The Kier molecular flexibility index (Phi) is 46.9. The molecule has 0 spiro atoms. The van der Waals surface area contributed by atoms with Crippen LogP contribution in [0.15, 0.2) is 72.9 Å². The number of hydrogen-bond acceptors (Lipinski definition) is 6. The predicted molar refractivity (Wildman–Crippen MR) is 261 cm³/mol. The Morgan fingerprint density at radius 3 is 1.10 bits per heavy atom. The Labute approximate surface area is 376 Å². The smallest absolute Gasteiger partial charge is 0.306 e. The van der Waals surface area contributed by atoms with E-state index in [4.69, 9.17) is 14.2 Å². The number of carbonyl (C=O) groups excluding carboxylic acids is 3. The van der Waals surface area contributed by atoms with Crippen molar-refractivity contribution in [3.05, 3.63) is 72.9 Å². The van der Waals surface area contributed by atoms with E-state index < -0.39 is 6.10 Å². The molecule has 0 amide bonds. The first kappa shape index (κ1) is 57.9. The zero-order chi connectivity index (χ0) is 44.4. The minimum absolute atomic E-state index is 0.0971. The van der Waals surface area contributed by atoms with Gasteiger partial charge in [-0.15, -0.1) is 0 Å². The van der Waals surface area contributed by atoms with Crippen molar-refractivity contribution in [2.24, 2.45) is 0 Å². The van der Waals surface area contributed by atoms with Gasteiger partial charge in [-0.1, -0.05) is 190 Å². The van der Waals surface area contributed by atoms with Gasteiger partial charge in [0.1, 0.15) is 13.2 Å². The Hall–Kier alpha value is -3.15. The van der Waals surface area contributed by atoms with Gasteiger partial charge in [0.15, 0.2) is 6.10 Å². The van der Waals surface area contributed by atoms with Gasteiger partial charge < -0.3 is 14.2 Å². The van der Waals surface area contributed by atoms with Crippen molar-refractivity contribution in [1.82, 2.24) is 0 Å². The molecule has 0 aromatic rings. The summed E-state index contributed by atoms with van der Waals surface area (Å²) >= 11 is 0. The molecule has 61 heavy (non-hydrogen) atoms. The van der Waals surface area contributed by atoms with Crippen LogP contribution in [-0.2, 0) is 28.6 Å². The molecule has 0 fully saturated rings. The van der Waals surface area contributed by atoms with Gasteiger partial charge in [0.05, 0.1) is 0 Å². The van der Waals surface area contributed by atoms with Gasteiger partial charge in [-0.2, -0.15) is 0 Å². The van der Waals surface area contributed by atoms with Gasteiger partial charge in [0, 0.05) is 19.3 Å². The Bertz CT molecular complexity index is 1160. The molecule has 0 radical (unpaired) electrons. The average molecular weight is 851 g/mol. The van der Waals surface area contributed by atoms with Crippen LogP contribution in [0.3, 0.4) is 0 Å². The van der Waals surface area contributed by atoms with Crippen LogP contribution in [0.25, 0.3) is 0 Å². The van der Waals surface area contributed by atoms with E-state index >= 15 is 0 Å². The van der Waals surface area contributed by atoms with E-state index in [0.29, 0.717) is 19.3 Å². The molecule has 0 rings (SSSR count). The minimum Gasteiger partial charge on any atom is -0.462 e. The maximum Gasteiger partial charge on any atom is 0.306 e. The topological polar surface area (TPSA) is 78.9 Å². The van der Waals surface area contributed by atoms with Crippen molar-refractivity contribution in [3.8, 4) is 0 Å². The summed E-state index contributed by atoms with van der Waals surface area (Å²) in [6.07, 6.45) is 61.7. The molecular weight excluding hydrogens is 757 g/mol. The zero-order valence-corrected chi connectivity index (χ0v) is 39.9. The molecule has 1 atom stereocenters. The molecule has 350 valence electrons. The Morgan fingerprint density at radius 2 is 0.656 bits per heavy atom. The molecule has 0 aromatic carbocycles. The van der Waals surface area contributed by atoms with E-state index in [0.717, 1.165) is 89.9 Å². The van der Waals surface area contributed by atoms with Crippen LogP contribution in [-0.4, -0.2) is 37.2 Å². The molecule has 0 aliphatic carbocycles. The molecule has 0 bridgehead atoms. The summed E-state index contributed by atoms with van der Waals surface area (Å²) in [5.41, 5.74) is 0. The van der Waals surface area contributed by atoms with Crippen molar-refractivity contribution in [1.29, 1.82) is 0 Å². The highest BCUT2D eigenvalue weighted by molar-refractivity contribution is 5.71. The van der Waals surface area contributed by atoms with Gasteiger partial charge in [-0.3, -0.25) is 14.4 Å². The van der Waals surface area contributed by atoms with Gasteiger partial charge in [-0.25, -0.2) is 0 Å². The van der Waals surface area contributed by atoms with Crippen LogP contribution in [0.4, 0.5) is 0 Å². The summed E-state index contributed by atoms with van der Waals surface area (Å²) in [6.45, 7) is 6.43. The molecule has 0 aliphatic rings. The summed E-state index contributed by atoms with van der Waals surface area (Å²) in [5, 5.41) is 0. The standard InChI is InChI=1S/C55H94O6/c1-4-7-10-13-16-19-22-24-26-27-29-30-33-36-39-42-45-48-54(57)60-51-52(50-59-53(56)47-44-41-38-35-32-21-18-15-12-9-6-3)61-55(58)49-46-43-40-37-34-31-28-25-23-20-17-14-11-8-5-2/h8,11,15,17-18,20,24-26,28,34,37,52H,4-7,9-10,12-14,16,19,21-23,27,29-33,35-36,38-51H2,1-3H3/b11-8-,18-15-,20-17-,26-24-,28-25-,37-34-/t52-/m1/s1. The zero-order valence-electron chi connectivity index (χ0n) is 39.9. The van der Waals surface area contributed by atoms with Crippen LogP contribution < -0.4 is 0 Å². The summed E-state index contributed by atoms with van der Waals surface area (Å²) in [7, 11) is 0. The molecule has 0 aliphatic heterocycles. The fourth-order valence-electron chi connectivity index (χ4n) is 6.82. The highest BCUT2D eigenvalue weighted by Gasteiger charge is 2.19. The second-order valence-corrected chi connectivity index (χ2v) is 16.7. The third kappa shape index (κ3) is 47.7. The average Bonchev–Trinajstić information content (AvgIpc) is 3.26. The Balaban J connectivity index is 4.43. The second-order valence-electron chi connectivity index (χ2n) is 16.7. The fraction of sp³-hybridized carbons (Fsp3) is 0.727. The third-order valence-electron chi connectivity index (χ3n) is 10.7. The summed E-state index contributed by atoms with van der Waals surface area (Å²) < 4.78 is 16.7. The van der Waals surface area contributed by atoms with Crippen molar-refractivity contribution in [2.75, 3.05) is 13.2 Å². The summed E-state index contributed by atoms with van der Waals surface area (Å²) in [5.74, 6) is -0.953. The maximum atomic E-state index is 12.8. The van der Waals surface area contributed by atoms with Crippen molar-refractivity contribution < 1.29 is 28.6 Å². The number of esters is 3. The van der Waals surface area contributed by atoms with Crippen molar-refractivity contribution >= 4 is 17.9 Å². The quantitative estimate of drug-likeness (QED) is 0.0263. The van der Waals surface area contributed by atoms with Gasteiger partial charge >= 0.3 is 17.9 Å². The Morgan fingerprint density at radius 1 is 0.344 bits per heavy atom. The molecule has 0 saturated carbocycles. The molecular formula is C55H94O6. The predicted octanol–water partition coefficient (Wildman–Crippen LogP) is 16.6. The van der Waals surface area contributed by atoms with Crippen LogP contribution in [0.5, 0.6) is 0 Å². The SMILES string of the molecule is CC/C=C\C/C=C\C/C=C\C/C=C\CCCCC(=O)O[C@H](COC(=O)CCCCCCC/C=C\CCCC)COC(=O)CCCCCCCCC/C=C\CCCCCCCC. The number of rotatable bonds is 45. The second kappa shape index (κ2) is 49.5. The van der Waals surface area contributed by atoms with E-state index in [9.17, 15) is 14.4 Å². The van der Waals surface area contributed by atoms with Crippen molar-refractivity contribution in [2.45, 2.75) is 245 Å². The molecule has 0 heterocycles. The molecule has 0 unspecified atom stereocenters. The largest absolute Gasteiger partial charge is 0.462 e. The molecule has 6 heteroatoms. The van der Waals surface area contributed by atoms with Gasteiger partial charge in [0.25, 0.3) is 0 Å². The maximum absolute atomic E-state index is 12.8. The summed E-state index contributed by atoms with van der Waals surface area (Å²) in [6, 6.07) is 0. The molecule has 0 saturated heterocycles. The normalized spacial score (nSPS) is 12.6. The van der Waals surface area contributed by atoms with Crippen LogP contribution in [0.2, 0.25) is 0 Å². The highest BCUT2D eigenvalue weighted by atomic mass is 16.6. The molecule has 0 aromatic heterocycles. The number of allylic oxidation sites excluding steroid dienone is 12. The number of unbranched alkanes of at least 4 members (excludes halogenated alkanes) is 22. The van der Waals surface area contributed by atoms with E-state index in [2.05, 4.69) is 93.7 Å². The fourth-order valence-corrected chi connectivity index (χ4v) is 6.82. The lowest BCUT2D eigenvalue weighted by molar-refractivity contribution is -0.167. The molecule has 0 N–H and O–H groups in total. The first-order valence-corrected chi connectivity index (χ1v) is 25.4. The minimum atomic E-state index is -0.800. The van der Waals surface area contributed by atoms with Crippen LogP contribution >= 0.6 is 0 Å². The third-order valence-corrected chi connectivity index (χ3v) is 10.7. The highest BCUT2D eigenvalue weighted by Crippen LogP contribution is 2.14. The summed E-state index contributed by atoms with van der Waals surface area (Å²) in [4.78, 5) is 37.9. The first-order chi connectivity index (χ1) is 30.0. The number of carbonyl (C=O) groups is 3. The lowest BCUT2D eigenvalue weighted by Gasteiger charge is -2.18. The van der Waals surface area contributed by atoms with Crippen molar-refractivity contribution in [3.63, 3.8) is 0 Å². The van der Waals surface area contributed by atoms with E-state index in [1.165, 1.54) is 103 Å². The monoisotopic (exact) mass is 851 g/mol. The number of ether oxygens (including phenoxy) is 3. The van der Waals surface area contributed by atoms with Crippen LogP contribution in [0, 0.1) is 0 Å².